The molecule has 40 valence electrons. The SMILES string of the molecule is CCC1C=CCC1. The maximum Gasteiger partial charge on any atom is -0.0233 e. The number of rotatable bonds is 1. The van der Waals surface area contributed by atoms with Crippen molar-refractivity contribution in [2.45, 2.75) is 26.2 Å². The van der Waals surface area contributed by atoms with Crippen LogP contribution >= 0.6 is 0 Å². The lowest BCUT2D eigenvalue weighted by Gasteiger charge is -1.97. The van der Waals surface area contributed by atoms with Crippen LogP contribution in [0.4, 0.5) is 0 Å². The van der Waals surface area contributed by atoms with E-state index in [1.807, 2.05) is 0 Å². The highest BCUT2D eigenvalue weighted by molar-refractivity contribution is 4.95. The average Bonchev–Trinajstić information content (AvgIpc) is 2.14. The van der Waals surface area contributed by atoms with E-state index in [0.29, 0.717) is 0 Å². The Morgan fingerprint density at radius 3 is 2.86 bits per heavy atom. The van der Waals surface area contributed by atoms with Crippen LogP contribution in [0.3, 0.4) is 0 Å². The summed E-state index contributed by atoms with van der Waals surface area (Å²) in [4.78, 5) is 0. The zero-order valence-corrected chi connectivity index (χ0v) is 4.85. The molecule has 1 atom stereocenters. The van der Waals surface area contributed by atoms with Crippen molar-refractivity contribution in [1.82, 2.24) is 0 Å². The summed E-state index contributed by atoms with van der Waals surface area (Å²) < 4.78 is 0. The largest absolute Gasteiger partial charge is 0.0882 e. The summed E-state index contributed by atoms with van der Waals surface area (Å²) in [7, 11) is 0. The molecular formula is C7H12. The summed E-state index contributed by atoms with van der Waals surface area (Å²) in [5.41, 5.74) is 0. The van der Waals surface area contributed by atoms with Crippen molar-refractivity contribution in [2.75, 3.05) is 0 Å². The van der Waals surface area contributed by atoms with Gasteiger partial charge in [0, 0.05) is 0 Å². The summed E-state index contributed by atoms with van der Waals surface area (Å²) >= 11 is 0. The highest BCUT2D eigenvalue weighted by Crippen LogP contribution is 2.18. The molecule has 0 aromatic rings. The first-order valence-electron chi connectivity index (χ1n) is 3.10. The third-order valence-corrected chi connectivity index (χ3v) is 1.64. The maximum absolute atomic E-state index is 2.33. The van der Waals surface area contributed by atoms with Crippen LogP contribution < -0.4 is 0 Å². The van der Waals surface area contributed by atoms with Gasteiger partial charge in [-0.25, -0.2) is 0 Å². The van der Waals surface area contributed by atoms with Gasteiger partial charge < -0.3 is 0 Å². The molecule has 1 aliphatic carbocycles. The van der Waals surface area contributed by atoms with Gasteiger partial charge in [0.25, 0.3) is 0 Å². The Bertz CT molecular complexity index is 72.1. The maximum atomic E-state index is 2.33. The first-order valence-corrected chi connectivity index (χ1v) is 3.10. The van der Waals surface area contributed by atoms with Gasteiger partial charge in [-0.15, -0.1) is 0 Å². The van der Waals surface area contributed by atoms with Crippen molar-refractivity contribution in [3.8, 4) is 0 Å². The van der Waals surface area contributed by atoms with Crippen molar-refractivity contribution in [2.24, 2.45) is 5.92 Å². The van der Waals surface area contributed by atoms with E-state index in [9.17, 15) is 0 Å². The molecule has 0 saturated carbocycles. The molecule has 0 bridgehead atoms. The zero-order chi connectivity index (χ0) is 5.11. The summed E-state index contributed by atoms with van der Waals surface area (Å²) in [5.74, 6) is 0.917. The van der Waals surface area contributed by atoms with Gasteiger partial charge in [-0.3, -0.25) is 0 Å². The second kappa shape index (κ2) is 2.15. The molecule has 0 radical (unpaired) electrons. The van der Waals surface area contributed by atoms with Crippen molar-refractivity contribution >= 4 is 0 Å². The van der Waals surface area contributed by atoms with Gasteiger partial charge >= 0.3 is 0 Å². The topological polar surface area (TPSA) is 0 Å². The fourth-order valence-electron chi connectivity index (χ4n) is 1.04. The molecular weight excluding hydrogens is 84.1 g/mol. The summed E-state index contributed by atoms with van der Waals surface area (Å²) in [6.07, 6.45) is 8.67. The van der Waals surface area contributed by atoms with Crippen LogP contribution in [0.5, 0.6) is 0 Å². The molecule has 7 heavy (non-hydrogen) atoms. The van der Waals surface area contributed by atoms with Crippen molar-refractivity contribution < 1.29 is 0 Å². The third kappa shape index (κ3) is 1.05. The van der Waals surface area contributed by atoms with E-state index in [1.165, 1.54) is 19.3 Å². The molecule has 1 aliphatic rings. The minimum Gasteiger partial charge on any atom is -0.0882 e. The van der Waals surface area contributed by atoms with E-state index in [1.54, 1.807) is 0 Å². The lowest BCUT2D eigenvalue weighted by atomic mass is 10.1. The number of hydrogen-bond acceptors (Lipinski definition) is 0. The Labute approximate surface area is 45.2 Å². The second-order valence-corrected chi connectivity index (χ2v) is 2.17. The second-order valence-electron chi connectivity index (χ2n) is 2.17. The van der Waals surface area contributed by atoms with Crippen LogP contribution in [0.2, 0.25) is 0 Å². The standard InChI is InChI=1S/C7H12/c1-2-7-5-3-4-6-7/h3,5,7H,2,4,6H2,1H3. The molecule has 1 unspecified atom stereocenters. The van der Waals surface area contributed by atoms with E-state index in [-0.39, 0.29) is 0 Å². The van der Waals surface area contributed by atoms with Crippen LogP contribution in [0.1, 0.15) is 26.2 Å². The van der Waals surface area contributed by atoms with Gasteiger partial charge in [-0.1, -0.05) is 19.1 Å². The number of allylic oxidation sites excluding steroid dienone is 2. The molecule has 0 heterocycles. The summed E-state index contributed by atoms with van der Waals surface area (Å²) in [6.45, 7) is 2.25. The molecule has 0 nitrogen and oxygen atoms in total. The molecule has 0 aromatic carbocycles. The Morgan fingerprint density at radius 1 is 1.71 bits per heavy atom. The summed E-state index contributed by atoms with van der Waals surface area (Å²) in [5, 5.41) is 0. The van der Waals surface area contributed by atoms with E-state index < -0.39 is 0 Å². The lowest BCUT2D eigenvalue weighted by Crippen LogP contribution is -1.84. The number of hydrogen-bond donors (Lipinski definition) is 0. The van der Waals surface area contributed by atoms with Crippen molar-refractivity contribution in [3.05, 3.63) is 12.2 Å². The molecule has 1 rings (SSSR count). The molecule has 0 aliphatic heterocycles. The molecule has 0 aromatic heterocycles. The van der Waals surface area contributed by atoms with E-state index in [2.05, 4.69) is 19.1 Å². The van der Waals surface area contributed by atoms with E-state index in [0.717, 1.165) is 5.92 Å². The first-order chi connectivity index (χ1) is 3.43. The minimum atomic E-state index is 0.917. The Kier molecular flexibility index (Phi) is 1.50. The molecule has 0 heteroatoms. The van der Waals surface area contributed by atoms with Gasteiger partial charge in [0.1, 0.15) is 0 Å². The lowest BCUT2D eigenvalue weighted by molar-refractivity contribution is 0.612. The van der Waals surface area contributed by atoms with Crippen LogP contribution in [0.15, 0.2) is 12.2 Å². The Balaban J connectivity index is 2.28. The smallest absolute Gasteiger partial charge is 0.0233 e. The predicted octanol–water partition coefficient (Wildman–Crippen LogP) is 2.36. The van der Waals surface area contributed by atoms with Gasteiger partial charge in [-0.05, 0) is 25.2 Å². The highest BCUT2D eigenvalue weighted by Gasteiger charge is 2.03. The Hall–Kier alpha value is -0.260. The molecule has 0 fully saturated rings. The van der Waals surface area contributed by atoms with Gasteiger partial charge in [-0.2, -0.15) is 0 Å². The molecule has 0 N–H and O–H groups in total. The molecule has 0 saturated heterocycles. The fraction of sp³-hybridized carbons (Fsp3) is 0.714. The highest BCUT2D eigenvalue weighted by atomic mass is 14.1. The monoisotopic (exact) mass is 96.1 g/mol. The Morgan fingerprint density at radius 2 is 2.57 bits per heavy atom. The molecule has 0 amide bonds. The van der Waals surface area contributed by atoms with E-state index >= 15 is 0 Å². The third-order valence-electron chi connectivity index (χ3n) is 1.64. The fourth-order valence-corrected chi connectivity index (χ4v) is 1.04. The van der Waals surface area contributed by atoms with Crippen LogP contribution in [-0.4, -0.2) is 0 Å². The summed E-state index contributed by atoms with van der Waals surface area (Å²) in [6, 6.07) is 0. The van der Waals surface area contributed by atoms with Crippen molar-refractivity contribution in [3.63, 3.8) is 0 Å². The molecule has 0 spiro atoms. The zero-order valence-electron chi connectivity index (χ0n) is 4.85. The van der Waals surface area contributed by atoms with Gasteiger partial charge in [0.05, 0.1) is 0 Å². The normalized spacial score (nSPS) is 29.0. The van der Waals surface area contributed by atoms with Crippen LogP contribution in [-0.2, 0) is 0 Å². The average molecular weight is 96.2 g/mol. The van der Waals surface area contributed by atoms with Crippen molar-refractivity contribution in [1.29, 1.82) is 0 Å². The van der Waals surface area contributed by atoms with E-state index in [4.69, 9.17) is 0 Å². The quantitative estimate of drug-likeness (QED) is 0.439. The van der Waals surface area contributed by atoms with Crippen LogP contribution in [0, 0.1) is 5.92 Å². The van der Waals surface area contributed by atoms with Gasteiger partial charge in [0.15, 0.2) is 0 Å². The van der Waals surface area contributed by atoms with Gasteiger partial charge in [0.2, 0.25) is 0 Å². The first kappa shape index (κ1) is 4.89. The van der Waals surface area contributed by atoms with Crippen LogP contribution in [0.25, 0.3) is 0 Å². The predicted molar refractivity (Wildman–Crippen MR) is 32.2 cm³/mol. The minimum absolute atomic E-state index is 0.917.